The standard InChI is InChI=1S/C12H24N2O4.ClH/c1-12(2,3)18-11(16)14-8-6-7-9(13-4)10(15)17-5;/h9,13H,6-8H2,1-5H3,(H,14,16);1H. The van der Waals surface area contributed by atoms with E-state index in [0.717, 1.165) is 0 Å². The van der Waals surface area contributed by atoms with E-state index in [2.05, 4.69) is 15.4 Å². The maximum atomic E-state index is 11.3. The number of likely N-dealkylation sites (N-methyl/N-ethyl adjacent to an activating group) is 1. The van der Waals surface area contributed by atoms with Crippen LogP contribution < -0.4 is 10.6 Å². The highest BCUT2D eigenvalue weighted by Crippen LogP contribution is 2.06. The highest BCUT2D eigenvalue weighted by molar-refractivity contribution is 5.85. The number of methoxy groups -OCH3 is 1. The van der Waals surface area contributed by atoms with Crippen molar-refractivity contribution in [2.24, 2.45) is 0 Å². The van der Waals surface area contributed by atoms with E-state index >= 15 is 0 Å². The van der Waals surface area contributed by atoms with Crippen LogP contribution in [0.3, 0.4) is 0 Å². The number of hydrogen-bond acceptors (Lipinski definition) is 5. The lowest BCUT2D eigenvalue weighted by Crippen LogP contribution is -2.37. The summed E-state index contributed by atoms with van der Waals surface area (Å²) < 4.78 is 9.72. The Labute approximate surface area is 121 Å². The molecule has 0 spiro atoms. The zero-order valence-electron chi connectivity index (χ0n) is 12.2. The van der Waals surface area contributed by atoms with Gasteiger partial charge >= 0.3 is 12.1 Å². The second-order valence-electron chi connectivity index (χ2n) is 4.94. The Bertz CT molecular complexity index is 279. The number of alkyl carbamates (subject to hydrolysis) is 1. The smallest absolute Gasteiger partial charge is 0.407 e. The Balaban J connectivity index is 0. The van der Waals surface area contributed by atoms with Crippen LogP contribution in [0, 0.1) is 0 Å². The first kappa shape index (κ1) is 20.3. The van der Waals surface area contributed by atoms with E-state index in [1.165, 1.54) is 7.11 Å². The van der Waals surface area contributed by atoms with Crippen LogP contribution in [0.1, 0.15) is 33.6 Å². The topological polar surface area (TPSA) is 76.7 Å². The number of amides is 1. The minimum atomic E-state index is -0.496. The molecule has 0 aromatic rings. The molecule has 19 heavy (non-hydrogen) atoms. The Kier molecular flexibility index (Phi) is 10.5. The number of halogens is 1. The van der Waals surface area contributed by atoms with Crippen LogP contribution in [0.2, 0.25) is 0 Å². The van der Waals surface area contributed by atoms with E-state index < -0.39 is 11.7 Å². The third kappa shape index (κ3) is 10.6. The number of rotatable bonds is 6. The largest absolute Gasteiger partial charge is 0.468 e. The summed E-state index contributed by atoms with van der Waals surface area (Å²) in [5.74, 6) is -0.297. The third-order valence-electron chi connectivity index (χ3n) is 2.17. The van der Waals surface area contributed by atoms with Crippen LogP contribution >= 0.6 is 12.4 Å². The molecule has 114 valence electrons. The van der Waals surface area contributed by atoms with Gasteiger partial charge in [0.15, 0.2) is 0 Å². The van der Waals surface area contributed by atoms with E-state index in [-0.39, 0.29) is 24.4 Å². The quantitative estimate of drug-likeness (QED) is 0.573. The molecule has 0 aromatic carbocycles. The van der Waals surface area contributed by atoms with Crippen LogP contribution in [-0.4, -0.2) is 44.4 Å². The number of carbonyl (C=O) groups excluding carboxylic acids is 2. The molecule has 7 heteroatoms. The molecule has 0 aliphatic heterocycles. The number of carbonyl (C=O) groups is 2. The Hall–Kier alpha value is -1.01. The average Bonchev–Trinajstić information content (AvgIpc) is 2.26. The predicted octanol–water partition coefficient (Wildman–Crippen LogP) is 1.47. The van der Waals surface area contributed by atoms with Crippen molar-refractivity contribution in [3.63, 3.8) is 0 Å². The maximum Gasteiger partial charge on any atom is 0.407 e. The first-order chi connectivity index (χ1) is 8.30. The van der Waals surface area contributed by atoms with Gasteiger partial charge in [-0.3, -0.25) is 4.79 Å². The van der Waals surface area contributed by atoms with Crippen molar-refractivity contribution in [2.75, 3.05) is 20.7 Å². The lowest BCUT2D eigenvalue weighted by molar-refractivity contribution is -0.143. The summed E-state index contributed by atoms with van der Waals surface area (Å²) in [6.45, 7) is 5.88. The van der Waals surface area contributed by atoms with E-state index in [9.17, 15) is 9.59 Å². The molecule has 0 saturated heterocycles. The molecule has 1 unspecified atom stereocenters. The van der Waals surface area contributed by atoms with E-state index in [0.29, 0.717) is 19.4 Å². The van der Waals surface area contributed by atoms with Crippen molar-refractivity contribution in [1.82, 2.24) is 10.6 Å². The molecule has 0 bridgehead atoms. The molecule has 0 aromatic heterocycles. The van der Waals surface area contributed by atoms with E-state index in [4.69, 9.17) is 4.74 Å². The molecule has 2 N–H and O–H groups in total. The lowest BCUT2D eigenvalue weighted by Gasteiger charge is -2.20. The fraction of sp³-hybridized carbons (Fsp3) is 0.833. The Morgan fingerprint density at radius 3 is 2.26 bits per heavy atom. The van der Waals surface area contributed by atoms with Gasteiger partial charge in [0.1, 0.15) is 11.6 Å². The predicted molar refractivity (Wildman–Crippen MR) is 75.6 cm³/mol. The van der Waals surface area contributed by atoms with Gasteiger partial charge in [0.05, 0.1) is 7.11 Å². The summed E-state index contributed by atoms with van der Waals surface area (Å²) >= 11 is 0. The number of nitrogens with one attached hydrogen (secondary N) is 2. The fourth-order valence-electron chi connectivity index (χ4n) is 1.33. The van der Waals surface area contributed by atoms with Gasteiger partial charge < -0.3 is 20.1 Å². The summed E-state index contributed by atoms with van der Waals surface area (Å²) in [6.07, 6.45) is 0.820. The first-order valence-electron chi connectivity index (χ1n) is 6.02. The van der Waals surface area contributed by atoms with Gasteiger partial charge in [-0.15, -0.1) is 12.4 Å². The fourth-order valence-corrected chi connectivity index (χ4v) is 1.33. The molecular formula is C12H25ClN2O4. The molecule has 0 rings (SSSR count). The summed E-state index contributed by atoms with van der Waals surface area (Å²) in [7, 11) is 3.05. The Morgan fingerprint density at radius 1 is 1.26 bits per heavy atom. The van der Waals surface area contributed by atoms with E-state index in [1.807, 2.05) is 0 Å². The van der Waals surface area contributed by atoms with Crippen LogP contribution in [0.5, 0.6) is 0 Å². The number of esters is 1. The van der Waals surface area contributed by atoms with Gasteiger partial charge in [0.2, 0.25) is 0 Å². The molecule has 0 radical (unpaired) electrons. The molecule has 0 aliphatic carbocycles. The molecule has 0 heterocycles. The van der Waals surface area contributed by atoms with Crippen LogP contribution in [-0.2, 0) is 14.3 Å². The molecule has 0 saturated carbocycles. The van der Waals surface area contributed by atoms with Crippen molar-refractivity contribution in [3.05, 3.63) is 0 Å². The minimum absolute atomic E-state index is 0. The lowest BCUT2D eigenvalue weighted by atomic mass is 10.1. The SMILES string of the molecule is CNC(CCCNC(=O)OC(C)(C)C)C(=O)OC.Cl. The summed E-state index contributed by atoms with van der Waals surface area (Å²) in [6, 6.07) is -0.338. The second-order valence-corrected chi connectivity index (χ2v) is 4.94. The van der Waals surface area contributed by atoms with Crippen molar-refractivity contribution in [1.29, 1.82) is 0 Å². The molecule has 1 amide bonds. The second kappa shape index (κ2) is 9.86. The zero-order chi connectivity index (χ0) is 14.2. The number of ether oxygens (including phenoxy) is 2. The maximum absolute atomic E-state index is 11.3. The minimum Gasteiger partial charge on any atom is -0.468 e. The van der Waals surface area contributed by atoms with E-state index in [1.54, 1.807) is 27.8 Å². The molecule has 6 nitrogen and oxygen atoms in total. The van der Waals surface area contributed by atoms with Crippen LogP contribution in [0.4, 0.5) is 4.79 Å². The first-order valence-corrected chi connectivity index (χ1v) is 6.02. The van der Waals surface area contributed by atoms with Crippen molar-refractivity contribution in [3.8, 4) is 0 Å². The monoisotopic (exact) mass is 296 g/mol. The van der Waals surface area contributed by atoms with Crippen LogP contribution in [0.15, 0.2) is 0 Å². The normalized spacial score (nSPS) is 12.1. The molecule has 1 atom stereocenters. The summed E-state index contributed by atoms with van der Waals surface area (Å²) in [4.78, 5) is 22.6. The molecule has 0 fully saturated rings. The van der Waals surface area contributed by atoms with Gasteiger partial charge in [-0.25, -0.2) is 4.79 Å². The summed E-state index contributed by atoms with van der Waals surface area (Å²) in [5.41, 5.74) is -0.496. The average molecular weight is 297 g/mol. The molecule has 0 aliphatic rings. The van der Waals surface area contributed by atoms with Gasteiger partial charge in [0.25, 0.3) is 0 Å². The van der Waals surface area contributed by atoms with Gasteiger partial charge in [-0.2, -0.15) is 0 Å². The highest BCUT2D eigenvalue weighted by Gasteiger charge is 2.17. The van der Waals surface area contributed by atoms with Crippen molar-refractivity contribution in [2.45, 2.75) is 45.3 Å². The third-order valence-corrected chi connectivity index (χ3v) is 2.17. The van der Waals surface area contributed by atoms with Crippen LogP contribution in [0.25, 0.3) is 0 Å². The summed E-state index contributed by atoms with van der Waals surface area (Å²) in [5, 5.41) is 5.50. The zero-order valence-corrected chi connectivity index (χ0v) is 13.1. The van der Waals surface area contributed by atoms with Crippen molar-refractivity contribution >= 4 is 24.5 Å². The number of hydrogen-bond donors (Lipinski definition) is 2. The van der Waals surface area contributed by atoms with Gasteiger partial charge in [-0.1, -0.05) is 0 Å². The Morgan fingerprint density at radius 2 is 1.84 bits per heavy atom. The highest BCUT2D eigenvalue weighted by atomic mass is 35.5. The molecular weight excluding hydrogens is 272 g/mol. The van der Waals surface area contributed by atoms with Gasteiger partial charge in [-0.05, 0) is 40.7 Å². The van der Waals surface area contributed by atoms with Crippen molar-refractivity contribution < 1.29 is 19.1 Å². The van der Waals surface area contributed by atoms with Gasteiger partial charge in [0, 0.05) is 6.54 Å².